The van der Waals surface area contributed by atoms with E-state index in [1.165, 1.54) is 12.1 Å². The van der Waals surface area contributed by atoms with Crippen LogP contribution in [0.3, 0.4) is 0 Å². The second-order valence-electron chi connectivity index (χ2n) is 6.43. The Labute approximate surface area is 142 Å². The average molecular weight is 338 g/mol. The molecule has 1 aliphatic rings. The average Bonchev–Trinajstić information content (AvgIpc) is 2.66. The van der Waals surface area contributed by atoms with Gasteiger partial charge in [-0.2, -0.15) is 0 Å². The van der Waals surface area contributed by atoms with Crippen molar-refractivity contribution in [1.29, 1.82) is 0 Å². The first-order valence-corrected chi connectivity index (χ1v) is 8.28. The third kappa shape index (κ3) is 3.33. The molecule has 0 unspecified atom stereocenters. The number of halogens is 4. The van der Waals surface area contributed by atoms with Gasteiger partial charge < -0.3 is 0 Å². The standard InChI is InChI=1S/C20H20F4/c1-2-12-3-5-13(6-4-12)14-7-8-16(17(21)9-14)15-10-18(22)20(24)19(23)11-15/h7-13H,2-6H2,1H3/i10D,11D. The Balaban J connectivity index is 1.97. The summed E-state index contributed by atoms with van der Waals surface area (Å²) in [7, 11) is 0. The van der Waals surface area contributed by atoms with Gasteiger partial charge in [0.05, 0.1) is 2.74 Å². The fourth-order valence-electron chi connectivity index (χ4n) is 3.48. The Bertz CT molecular complexity index is 798. The molecule has 0 aromatic heterocycles. The van der Waals surface area contributed by atoms with E-state index in [1.54, 1.807) is 6.07 Å². The predicted molar refractivity (Wildman–Crippen MR) is 86.7 cm³/mol. The van der Waals surface area contributed by atoms with Crippen molar-refractivity contribution in [2.24, 2.45) is 5.92 Å². The molecule has 0 nitrogen and oxygen atoms in total. The highest BCUT2D eigenvalue weighted by Crippen LogP contribution is 2.38. The molecular weight excluding hydrogens is 316 g/mol. The zero-order valence-electron chi connectivity index (χ0n) is 15.4. The lowest BCUT2D eigenvalue weighted by Gasteiger charge is -2.28. The van der Waals surface area contributed by atoms with Crippen molar-refractivity contribution in [1.82, 2.24) is 0 Å². The van der Waals surface area contributed by atoms with E-state index in [0.29, 0.717) is 5.92 Å². The Morgan fingerprint density at radius 3 is 2.12 bits per heavy atom. The molecule has 128 valence electrons. The third-order valence-electron chi connectivity index (χ3n) is 5.01. The second-order valence-corrected chi connectivity index (χ2v) is 6.43. The number of benzene rings is 2. The largest absolute Gasteiger partial charge is 0.206 e. The topological polar surface area (TPSA) is 0 Å². The molecule has 0 radical (unpaired) electrons. The summed E-state index contributed by atoms with van der Waals surface area (Å²) in [5, 5.41) is 0. The van der Waals surface area contributed by atoms with Crippen molar-refractivity contribution in [2.75, 3.05) is 0 Å². The van der Waals surface area contributed by atoms with Gasteiger partial charge >= 0.3 is 0 Å². The van der Waals surface area contributed by atoms with E-state index in [0.717, 1.165) is 37.7 Å². The third-order valence-corrected chi connectivity index (χ3v) is 5.01. The summed E-state index contributed by atoms with van der Waals surface area (Å²) in [6.07, 6.45) is 5.24. The van der Waals surface area contributed by atoms with Gasteiger partial charge in [-0.15, -0.1) is 0 Å². The van der Waals surface area contributed by atoms with Gasteiger partial charge in [-0.1, -0.05) is 25.5 Å². The molecule has 0 amide bonds. The molecule has 0 N–H and O–H groups in total. The van der Waals surface area contributed by atoms with E-state index in [2.05, 4.69) is 6.92 Å². The van der Waals surface area contributed by atoms with Crippen LogP contribution in [-0.4, -0.2) is 0 Å². The summed E-state index contributed by atoms with van der Waals surface area (Å²) in [5.74, 6) is -5.13. The normalized spacial score (nSPS) is 22.2. The molecule has 3 rings (SSSR count). The monoisotopic (exact) mass is 338 g/mol. The van der Waals surface area contributed by atoms with Crippen LogP contribution in [0.25, 0.3) is 11.1 Å². The molecule has 1 aliphatic carbocycles. The lowest BCUT2D eigenvalue weighted by molar-refractivity contribution is 0.318. The van der Waals surface area contributed by atoms with Crippen LogP contribution < -0.4 is 0 Å². The molecule has 2 aromatic carbocycles. The van der Waals surface area contributed by atoms with Crippen LogP contribution in [0.5, 0.6) is 0 Å². The number of hydrogen-bond donors (Lipinski definition) is 0. The van der Waals surface area contributed by atoms with E-state index < -0.39 is 40.9 Å². The maximum Gasteiger partial charge on any atom is 0.194 e. The Kier molecular flexibility index (Phi) is 4.20. The van der Waals surface area contributed by atoms with Crippen LogP contribution >= 0.6 is 0 Å². The molecule has 0 saturated heterocycles. The summed E-state index contributed by atoms with van der Waals surface area (Å²) in [6.45, 7) is 2.16. The lowest BCUT2D eigenvalue weighted by Crippen LogP contribution is -2.12. The van der Waals surface area contributed by atoms with Gasteiger partial charge in [-0.3, -0.25) is 0 Å². The summed E-state index contributed by atoms with van der Waals surface area (Å²) in [4.78, 5) is 0. The van der Waals surface area contributed by atoms with E-state index in [9.17, 15) is 17.6 Å². The van der Waals surface area contributed by atoms with Crippen LogP contribution in [-0.2, 0) is 0 Å². The molecule has 0 atom stereocenters. The predicted octanol–water partition coefficient (Wildman–Crippen LogP) is 6.59. The SMILES string of the molecule is [2H]c1c(F)c(F)c(F)c([2H])c1-c1ccc(C2CCC(CC)CC2)cc1F. The van der Waals surface area contributed by atoms with Gasteiger partial charge in [0.2, 0.25) is 0 Å². The second kappa shape index (κ2) is 6.96. The Morgan fingerprint density at radius 2 is 1.58 bits per heavy atom. The molecule has 0 spiro atoms. The Hall–Kier alpha value is -1.84. The molecule has 1 saturated carbocycles. The molecule has 24 heavy (non-hydrogen) atoms. The quantitative estimate of drug-likeness (QED) is 0.437. The van der Waals surface area contributed by atoms with Crippen molar-refractivity contribution in [3.63, 3.8) is 0 Å². The van der Waals surface area contributed by atoms with Crippen molar-refractivity contribution in [2.45, 2.75) is 44.9 Å². The van der Waals surface area contributed by atoms with E-state index in [1.807, 2.05) is 0 Å². The maximum atomic E-state index is 14.7. The van der Waals surface area contributed by atoms with E-state index in [4.69, 9.17) is 2.74 Å². The van der Waals surface area contributed by atoms with E-state index >= 15 is 0 Å². The molecule has 1 fully saturated rings. The molecule has 0 aliphatic heterocycles. The highest BCUT2D eigenvalue weighted by Gasteiger charge is 2.22. The minimum absolute atomic E-state index is 0.231. The van der Waals surface area contributed by atoms with Crippen LogP contribution in [0.15, 0.2) is 30.3 Å². The van der Waals surface area contributed by atoms with Crippen molar-refractivity contribution >= 4 is 0 Å². The fourth-order valence-corrected chi connectivity index (χ4v) is 3.48. The van der Waals surface area contributed by atoms with Crippen molar-refractivity contribution in [3.05, 3.63) is 59.1 Å². The summed E-state index contributed by atoms with van der Waals surface area (Å²) in [6, 6.07) is 2.30. The molecule has 4 heteroatoms. The van der Waals surface area contributed by atoms with Gasteiger partial charge in [-0.25, -0.2) is 17.6 Å². The van der Waals surface area contributed by atoms with Crippen LogP contribution in [0.2, 0.25) is 0 Å². The van der Waals surface area contributed by atoms with Crippen LogP contribution in [0.1, 0.15) is 53.3 Å². The van der Waals surface area contributed by atoms with E-state index in [-0.39, 0.29) is 11.5 Å². The number of rotatable bonds is 3. The maximum absolute atomic E-state index is 14.7. The first kappa shape index (κ1) is 14.5. The number of hydrogen-bond acceptors (Lipinski definition) is 0. The minimum Gasteiger partial charge on any atom is -0.206 e. The van der Waals surface area contributed by atoms with Crippen LogP contribution in [0.4, 0.5) is 17.6 Å². The minimum atomic E-state index is -1.88. The summed E-state index contributed by atoms with van der Waals surface area (Å²) < 4.78 is 70.6. The zero-order valence-corrected chi connectivity index (χ0v) is 13.4. The molecule has 0 bridgehead atoms. The van der Waals surface area contributed by atoms with Gasteiger partial charge in [-0.05, 0) is 66.8 Å². The fraction of sp³-hybridized carbons (Fsp3) is 0.400. The smallest absolute Gasteiger partial charge is 0.194 e. The molecule has 0 heterocycles. The highest BCUT2D eigenvalue weighted by molar-refractivity contribution is 5.65. The first-order chi connectivity index (χ1) is 12.3. The van der Waals surface area contributed by atoms with Gasteiger partial charge in [0, 0.05) is 5.56 Å². The van der Waals surface area contributed by atoms with Crippen molar-refractivity contribution in [3.8, 4) is 11.1 Å². The molecular formula is C20H20F4. The Morgan fingerprint density at radius 1 is 0.958 bits per heavy atom. The lowest BCUT2D eigenvalue weighted by atomic mass is 9.77. The highest BCUT2D eigenvalue weighted by atomic mass is 19.2. The first-order valence-electron chi connectivity index (χ1n) is 9.28. The van der Waals surface area contributed by atoms with Crippen LogP contribution in [0, 0.1) is 29.2 Å². The van der Waals surface area contributed by atoms with Gasteiger partial charge in [0.25, 0.3) is 0 Å². The van der Waals surface area contributed by atoms with Gasteiger partial charge in [0.1, 0.15) is 5.82 Å². The summed E-state index contributed by atoms with van der Waals surface area (Å²) in [5.41, 5.74) is -0.0224. The van der Waals surface area contributed by atoms with Crippen molar-refractivity contribution < 1.29 is 20.3 Å². The van der Waals surface area contributed by atoms with Gasteiger partial charge in [0.15, 0.2) is 17.5 Å². The zero-order chi connectivity index (χ0) is 19.0. The summed E-state index contributed by atoms with van der Waals surface area (Å²) >= 11 is 0. The molecule has 2 aromatic rings.